The summed E-state index contributed by atoms with van der Waals surface area (Å²) in [4.78, 5) is 10.9. The molecule has 0 radical (unpaired) electrons. The summed E-state index contributed by atoms with van der Waals surface area (Å²) >= 11 is 0. The molecule has 1 aromatic carbocycles. The number of nitrogens with zero attached hydrogens (tertiary/aromatic N) is 1. The molecule has 0 spiro atoms. The molecule has 4 heteroatoms. The number of rotatable bonds is 3. The number of ether oxygens (including phenoxy) is 1. The molecule has 0 saturated carbocycles. The number of carbonyl (C=O) groups excluding carboxylic acids is 1. The molecule has 1 aliphatic rings. The van der Waals surface area contributed by atoms with Gasteiger partial charge in [-0.15, -0.1) is 0 Å². The lowest BCUT2D eigenvalue weighted by Crippen LogP contribution is -2.33. The van der Waals surface area contributed by atoms with Crippen molar-refractivity contribution in [2.45, 2.75) is 25.8 Å². The molecule has 1 atom stereocenters. The summed E-state index contributed by atoms with van der Waals surface area (Å²) in [5.74, 6) is 0.718. The zero-order valence-electron chi connectivity index (χ0n) is 9.69. The third-order valence-corrected chi connectivity index (χ3v) is 2.73. The van der Waals surface area contributed by atoms with E-state index in [0.717, 1.165) is 24.3 Å². The van der Waals surface area contributed by atoms with Gasteiger partial charge in [-0.3, -0.25) is 4.79 Å². The van der Waals surface area contributed by atoms with Crippen molar-refractivity contribution in [1.82, 2.24) is 5.32 Å². The zero-order chi connectivity index (χ0) is 12.3. The lowest BCUT2D eigenvalue weighted by Gasteiger charge is -2.10. The van der Waals surface area contributed by atoms with Gasteiger partial charge in [-0.2, -0.15) is 5.26 Å². The smallest absolute Gasteiger partial charge is 0.217 e. The highest BCUT2D eigenvalue weighted by atomic mass is 16.5. The highest BCUT2D eigenvalue weighted by molar-refractivity contribution is 5.73. The number of benzene rings is 1. The van der Waals surface area contributed by atoms with E-state index >= 15 is 0 Å². The van der Waals surface area contributed by atoms with Crippen molar-refractivity contribution in [3.05, 3.63) is 29.3 Å². The van der Waals surface area contributed by atoms with E-state index in [2.05, 4.69) is 11.4 Å². The maximum Gasteiger partial charge on any atom is 0.217 e. The Morgan fingerprint density at radius 1 is 1.65 bits per heavy atom. The molecule has 1 N–H and O–H groups in total. The summed E-state index contributed by atoms with van der Waals surface area (Å²) in [5.41, 5.74) is 2.22. The van der Waals surface area contributed by atoms with Gasteiger partial charge < -0.3 is 10.1 Å². The van der Waals surface area contributed by atoms with Crippen molar-refractivity contribution in [2.24, 2.45) is 0 Å². The molecule has 2 rings (SSSR count). The number of hydrogen-bond donors (Lipinski definition) is 1. The number of nitrogens with one attached hydrogen (secondary N) is 1. The minimum Gasteiger partial charge on any atom is -0.493 e. The number of fused-ring (bicyclic) bond motifs is 1. The summed E-state index contributed by atoms with van der Waals surface area (Å²) in [5, 5.41) is 11.5. The van der Waals surface area contributed by atoms with Gasteiger partial charge in [0.05, 0.1) is 12.7 Å². The molecule has 0 saturated heterocycles. The van der Waals surface area contributed by atoms with E-state index in [1.54, 1.807) is 0 Å². The Kier molecular flexibility index (Phi) is 3.29. The molecule has 0 fully saturated rings. The van der Waals surface area contributed by atoms with Crippen molar-refractivity contribution in [3.63, 3.8) is 0 Å². The largest absolute Gasteiger partial charge is 0.493 e. The van der Waals surface area contributed by atoms with Gasteiger partial charge in [0.2, 0.25) is 5.91 Å². The van der Waals surface area contributed by atoms with Gasteiger partial charge >= 0.3 is 0 Å². The molecule has 0 bridgehead atoms. The van der Waals surface area contributed by atoms with Crippen LogP contribution in [0.1, 0.15) is 18.1 Å². The van der Waals surface area contributed by atoms with Gasteiger partial charge in [-0.1, -0.05) is 12.1 Å². The Balaban J connectivity index is 2.08. The third-order valence-electron chi connectivity index (χ3n) is 2.73. The molecular weight excluding hydrogens is 216 g/mol. The summed E-state index contributed by atoms with van der Waals surface area (Å²) in [6.07, 6.45) is 1.45. The average Bonchev–Trinajstić information content (AvgIpc) is 2.74. The molecule has 1 amide bonds. The first kappa shape index (κ1) is 11.5. The summed E-state index contributed by atoms with van der Waals surface area (Å²) in [6, 6.07) is 7.56. The highest BCUT2D eigenvalue weighted by Crippen LogP contribution is 2.26. The number of amides is 1. The van der Waals surface area contributed by atoms with Crippen molar-refractivity contribution < 1.29 is 9.53 Å². The average molecular weight is 230 g/mol. The maximum atomic E-state index is 10.9. The first-order valence-electron chi connectivity index (χ1n) is 5.60. The van der Waals surface area contributed by atoms with Crippen LogP contribution < -0.4 is 10.1 Å². The SMILES string of the molecule is CC(=O)NC(C#N)Cc1ccc2c(c1)OCC2. The molecule has 1 heterocycles. The van der Waals surface area contributed by atoms with Crippen LogP contribution in [0, 0.1) is 11.3 Å². The molecule has 1 aromatic rings. The van der Waals surface area contributed by atoms with E-state index in [1.165, 1.54) is 12.5 Å². The quantitative estimate of drug-likeness (QED) is 0.848. The van der Waals surface area contributed by atoms with Gasteiger partial charge in [-0.05, 0) is 17.2 Å². The summed E-state index contributed by atoms with van der Waals surface area (Å²) < 4.78 is 5.47. The fourth-order valence-corrected chi connectivity index (χ4v) is 1.95. The van der Waals surface area contributed by atoms with E-state index < -0.39 is 6.04 Å². The number of nitriles is 1. The topological polar surface area (TPSA) is 62.1 Å². The van der Waals surface area contributed by atoms with Gasteiger partial charge in [0.25, 0.3) is 0 Å². The predicted molar refractivity (Wildman–Crippen MR) is 62.6 cm³/mol. The Hall–Kier alpha value is -2.02. The van der Waals surface area contributed by atoms with Gasteiger partial charge in [0.1, 0.15) is 11.8 Å². The molecular formula is C13H14N2O2. The Morgan fingerprint density at radius 3 is 3.18 bits per heavy atom. The minimum absolute atomic E-state index is 0.186. The molecule has 17 heavy (non-hydrogen) atoms. The second kappa shape index (κ2) is 4.88. The van der Waals surface area contributed by atoms with Crippen LogP contribution in [0.4, 0.5) is 0 Å². The van der Waals surface area contributed by atoms with Crippen LogP contribution in [-0.4, -0.2) is 18.6 Å². The van der Waals surface area contributed by atoms with E-state index in [9.17, 15) is 4.79 Å². The van der Waals surface area contributed by atoms with Gasteiger partial charge in [-0.25, -0.2) is 0 Å². The Bertz CT molecular complexity index is 477. The zero-order valence-corrected chi connectivity index (χ0v) is 9.69. The van der Waals surface area contributed by atoms with Crippen LogP contribution in [0.2, 0.25) is 0 Å². The molecule has 1 aliphatic heterocycles. The van der Waals surface area contributed by atoms with Crippen LogP contribution >= 0.6 is 0 Å². The van der Waals surface area contributed by atoms with E-state index in [1.807, 2.05) is 18.2 Å². The fraction of sp³-hybridized carbons (Fsp3) is 0.385. The van der Waals surface area contributed by atoms with Crippen LogP contribution in [-0.2, 0) is 17.6 Å². The lowest BCUT2D eigenvalue weighted by atomic mass is 10.0. The Morgan fingerprint density at radius 2 is 2.47 bits per heavy atom. The molecule has 0 aliphatic carbocycles. The number of carbonyl (C=O) groups is 1. The minimum atomic E-state index is -0.480. The summed E-state index contributed by atoms with van der Waals surface area (Å²) in [6.45, 7) is 2.14. The van der Waals surface area contributed by atoms with Crippen LogP contribution in [0.15, 0.2) is 18.2 Å². The fourth-order valence-electron chi connectivity index (χ4n) is 1.95. The number of hydrogen-bond acceptors (Lipinski definition) is 3. The second-order valence-corrected chi connectivity index (χ2v) is 4.13. The van der Waals surface area contributed by atoms with E-state index in [4.69, 9.17) is 10.00 Å². The first-order chi connectivity index (χ1) is 8.19. The maximum absolute atomic E-state index is 10.9. The third kappa shape index (κ3) is 2.76. The second-order valence-electron chi connectivity index (χ2n) is 4.13. The predicted octanol–water partition coefficient (Wildman–Crippen LogP) is 1.19. The van der Waals surface area contributed by atoms with Crippen molar-refractivity contribution in [3.8, 4) is 11.8 Å². The normalized spacial score (nSPS) is 14.4. The monoisotopic (exact) mass is 230 g/mol. The highest BCUT2D eigenvalue weighted by Gasteiger charge is 2.14. The lowest BCUT2D eigenvalue weighted by molar-refractivity contribution is -0.119. The first-order valence-corrected chi connectivity index (χ1v) is 5.60. The van der Waals surface area contributed by atoms with Gasteiger partial charge in [0.15, 0.2) is 0 Å². The van der Waals surface area contributed by atoms with Crippen molar-refractivity contribution in [1.29, 1.82) is 5.26 Å². The standard InChI is InChI=1S/C13H14N2O2/c1-9(16)15-12(8-14)6-10-2-3-11-4-5-17-13(11)7-10/h2-3,7,12H,4-6H2,1H3,(H,15,16). The van der Waals surface area contributed by atoms with Crippen LogP contribution in [0.5, 0.6) is 5.75 Å². The Labute approximate surface area is 100 Å². The van der Waals surface area contributed by atoms with Gasteiger partial charge in [0, 0.05) is 19.8 Å². The van der Waals surface area contributed by atoms with E-state index in [-0.39, 0.29) is 5.91 Å². The summed E-state index contributed by atoms with van der Waals surface area (Å²) in [7, 11) is 0. The van der Waals surface area contributed by atoms with Crippen molar-refractivity contribution in [2.75, 3.05) is 6.61 Å². The molecule has 4 nitrogen and oxygen atoms in total. The molecule has 0 aromatic heterocycles. The van der Waals surface area contributed by atoms with Crippen LogP contribution in [0.3, 0.4) is 0 Å². The molecule has 1 unspecified atom stereocenters. The molecule has 88 valence electrons. The van der Waals surface area contributed by atoms with Crippen LogP contribution in [0.25, 0.3) is 0 Å². The van der Waals surface area contributed by atoms with E-state index in [0.29, 0.717) is 6.42 Å². The van der Waals surface area contributed by atoms with Crippen molar-refractivity contribution >= 4 is 5.91 Å².